The van der Waals surface area contributed by atoms with Gasteiger partial charge < -0.3 is 10.1 Å². The number of hydrogen-bond donors (Lipinski definition) is 1. The van der Waals surface area contributed by atoms with Crippen LogP contribution in [-0.4, -0.2) is 17.2 Å². The number of nitriles is 1. The van der Waals surface area contributed by atoms with Crippen molar-refractivity contribution in [3.05, 3.63) is 83.7 Å². The highest BCUT2D eigenvalue weighted by Gasteiger charge is 2.14. The van der Waals surface area contributed by atoms with Gasteiger partial charge >= 0.3 is 0 Å². The molecule has 0 aromatic heterocycles. The van der Waals surface area contributed by atoms with Crippen LogP contribution in [0.2, 0.25) is 0 Å². The standard InChI is InChI=1S/C21H15FN2O3S/c1-27-18-7-9-19(10-8-18)28(26)20-11-6-17(12-15(20)13-23)24-21(25)14-2-4-16(22)5-3-14/h2-12H,1H3,(H,24,25)/t28-/m0/s1. The van der Waals surface area contributed by atoms with Crippen LogP contribution in [0.4, 0.5) is 10.1 Å². The fourth-order valence-corrected chi connectivity index (χ4v) is 3.62. The summed E-state index contributed by atoms with van der Waals surface area (Å²) in [6, 6.07) is 18.4. The van der Waals surface area contributed by atoms with Crippen LogP contribution in [0.15, 0.2) is 76.5 Å². The van der Waals surface area contributed by atoms with E-state index >= 15 is 0 Å². The van der Waals surface area contributed by atoms with Crippen molar-refractivity contribution in [2.45, 2.75) is 9.79 Å². The highest BCUT2D eigenvalue weighted by atomic mass is 32.2. The second kappa shape index (κ2) is 8.46. The predicted octanol–water partition coefficient (Wildman–Crippen LogP) is 4.12. The molecular weight excluding hydrogens is 379 g/mol. The quantitative estimate of drug-likeness (QED) is 0.706. The topological polar surface area (TPSA) is 79.2 Å². The number of hydrogen-bond acceptors (Lipinski definition) is 4. The van der Waals surface area contributed by atoms with E-state index in [2.05, 4.69) is 5.32 Å². The Morgan fingerprint density at radius 1 is 1.07 bits per heavy atom. The molecule has 28 heavy (non-hydrogen) atoms. The Kier molecular flexibility index (Phi) is 5.82. The lowest BCUT2D eigenvalue weighted by atomic mass is 10.2. The molecule has 0 aliphatic heterocycles. The molecule has 1 amide bonds. The Morgan fingerprint density at radius 3 is 2.36 bits per heavy atom. The van der Waals surface area contributed by atoms with E-state index in [1.54, 1.807) is 43.5 Å². The summed E-state index contributed by atoms with van der Waals surface area (Å²) in [5.74, 6) is -0.235. The zero-order chi connectivity index (χ0) is 20.1. The molecule has 0 spiro atoms. The second-order valence-corrected chi connectivity index (χ2v) is 7.18. The number of nitrogens with one attached hydrogen (secondary N) is 1. The normalized spacial score (nSPS) is 11.3. The highest BCUT2D eigenvalue weighted by Crippen LogP contribution is 2.24. The van der Waals surface area contributed by atoms with Crippen molar-refractivity contribution in [1.82, 2.24) is 0 Å². The van der Waals surface area contributed by atoms with E-state index in [0.717, 1.165) is 0 Å². The summed E-state index contributed by atoms with van der Waals surface area (Å²) in [6.45, 7) is 0. The summed E-state index contributed by atoms with van der Waals surface area (Å²) in [5.41, 5.74) is 0.846. The molecule has 0 saturated carbocycles. The summed E-state index contributed by atoms with van der Waals surface area (Å²) in [6.07, 6.45) is 0. The van der Waals surface area contributed by atoms with Gasteiger partial charge in [0.05, 0.1) is 28.4 Å². The molecule has 0 saturated heterocycles. The zero-order valence-electron chi connectivity index (χ0n) is 14.8. The minimum absolute atomic E-state index is 0.186. The molecule has 7 heteroatoms. The summed E-state index contributed by atoms with van der Waals surface area (Å²) in [4.78, 5) is 13.1. The van der Waals surface area contributed by atoms with E-state index in [0.29, 0.717) is 21.2 Å². The van der Waals surface area contributed by atoms with Gasteiger partial charge in [0, 0.05) is 16.1 Å². The first-order valence-corrected chi connectivity index (χ1v) is 9.33. The van der Waals surface area contributed by atoms with Gasteiger partial charge in [-0.2, -0.15) is 5.26 Å². The fraction of sp³-hybridized carbons (Fsp3) is 0.0476. The number of nitrogens with zero attached hydrogens (tertiary/aromatic N) is 1. The molecule has 0 heterocycles. The Hall–Kier alpha value is -3.50. The first-order valence-electron chi connectivity index (χ1n) is 8.18. The number of carbonyl (C=O) groups is 1. The van der Waals surface area contributed by atoms with Gasteiger partial charge in [0.1, 0.15) is 17.6 Å². The van der Waals surface area contributed by atoms with E-state index in [4.69, 9.17) is 4.74 Å². The van der Waals surface area contributed by atoms with Crippen LogP contribution in [0, 0.1) is 17.1 Å². The van der Waals surface area contributed by atoms with Crippen LogP contribution < -0.4 is 10.1 Å². The van der Waals surface area contributed by atoms with Crippen molar-refractivity contribution in [1.29, 1.82) is 5.26 Å². The van der Waals surface area contributed by atoms with Gasteiger partial charge in [-0.25, -0.2) is 8.60 Å². The zero-order valence-corrected chi connectivity index (χ0v) is 15.6. The molecule has 3 aromatic rings. The maximum atomic E-state index is 13.0. The molecule has 0 aliphatic carbocycles. The molecule has 5 nitrogen and oxygen atoms in total. The van der Waals surface area contributed by atoms with E-state index < -0.39 is 22.5 Å². The Bertz CT molecular complexity index is 1070. The largest absolute Gasteiger partial charge is 0.497 e. The third kappa shape index (κ3) is 4.24. The Labute approximate surface area is 163 Å². The number of halogens is 1. The number of amides is 1. The summed E-state index contributed by atoms with van der Waals surface area (Å²) >= 11 is 0. The third-order valence-electron chi connectivity index (χ3n) is 3.94. The van der Waals surface area contributed by atoms with Crippen LogP contribution in [-0.2, 0) is 10.8 Å². The van der Waals surface area contributed by atoms with Gasteiger partial charge in [0.25, 0.3) is 5.91 Å². The van der Waals surface area contributed by atoms with Crippen molar-refractivity contribution in [2.75, 3.05) is 12.4 Å². The third-order valence-corrected chi connectivity index (χ3v) is 5.39. The lowest BCUT2D eigenvalue weighted by Crippen LogP contribution is -2.12. The first kappa shape index (κ1) is 19.3. The molecule has 3 aromatic carbocycles. The monoisotopic (exact) mass is 394 g/mol. The van der Waals surface area contributed by atoms with Crippen molar-refractivity contribution in [3.63, 3.8) is 0 Å². The number of rotatable bonds is 5. The van der Waals surface area contributed by atoms with Gasteiger partial charge in [-0.1, -0.05) is 0 Å². The molecule has 3 rings (SSSR count). The highest BCUT2D eigenvalue weighted by molar-refractivity contribution is 7.85. The Balaban J connectivity index is 1.83. The van der Waals surface area contributed by atoms with E-state index in [1.165, 1.54) is 30.3 Å². The van der Waals surface area contributed by atoms with Gasteiger partial charge in [-0.3, -0.25) is 4.79 Å². The van der Waals surface area contributed by atoms with Crippen LogP contribution in [0.25, 0.3) is 0 Å². The summed E-state index contributed by atoms with van der Waals surface area (Å²) in [7, 11) is -0.0201. The average molecular weight is 394 g/mol. The Morgan fingerprint density at radius 2 is 1.75 bits per heavy atom. The smallest absolute Gasteiger partial charge is 0.255 e. The van der Waals surface area contributed by atoms with Gasteiger partial charge in [0.2, 0.25) is 0 Å². The minimum atomic E-state index is -1.56. The SMILES string of the molecule is COc1ccc([S@](=O)c2ccc(NC(=O)c3ccc(F)cc3)cc2C#N)cc1. The maximum absolute atomic E-state index is 13.0. The number of benzene rings is 3. The van der Waals surface area contributed by atoms with Crippen molar-refractivity contribution < 1.29 is 18.1 Å². The second-order valence-electron chi connectivity index (χ2n) is 5.73. The van der Waals surface area contributed by atoms with Crippen LogP contribution in [0.1, 0.15) is 15.9 Å². The number of methoxy groups -OCH3 is 1. The molecule has 0 radical (unpaired) electrons. The lowest BCUT2D eigenvalue weighted by Gasteiger charge is -2.09. The molecule has 1 N–H and O–H groups in total. The molecule has 0 bridgehead atoms. The number of ether oxygens (including phenoxy) is 1. The average Bonchev–Trinajstić information content (AvgIpc) is 2.73. The van der Waals surface area contributed by atoms with Crippen LogP contribution in [0.3, 0.4) is 0 Å². The van der Waals surface area contributed by atoms with Crippen LogP contribution in [0.5, 0.6) is 5.75 Å². The fourth-order valence-electron chi connectivity index (χ4n) is 2.49. The molecule has 0 fully saturated rings. The van der Waals surface area contributed by atoms with Gasteiger partial charge in [-0.15, -0.1) is 0 Å². The van der Waals surface area contributed by atoms with E-state index in [9.17, 15) is 18.7 Å². The van der Waals surface area contributed by atoms with Gasteiger partial charge in [-0.05, 0) is 66.7 Å². The number of anilines is 1. The van der Waals surface area contributed by atoms with Crippen molar-refractivity contribution in [3.8, 4) is 11.8 Å². The van der Waals surface area contributed by atoms with E-state index in [1.807, 2.05) is 6.07 Å². The number of carbonyl (C=O) groups excluding carboxylic acids is 1. The van der Waals surface area contributed by atoms with E-state index in [-0.39, 0.29) is 11.1 Å². The molecule has 0 aliphatic rings. The summed E-state index contributed by atoms with van der Waals surface area (Å²) in [5, 5.41) is 12.1. The molecule has 1 atom stereocenters. The summed E-state index contributed by atoms with van der Waals surface area (Å²) < 4.78 is 30.9. The predicted molar refractivity (Wildman–Crippen MR) is 103 cm³/mol. The van der Waals surface area contributed by atoms with Crippen molar-refractivity contribution in [2.24, 2.45) is 0 Å². The minimum Gasteiger partial charge on any atom is -0.497 e. The lowest BCUT2D eigenvalue weighted by molar-refractivity contribution is 0.102. The molecule has 0 unspecified atom stereocenters. The van der Waals surface area contributed by atoms with Gasteiger partial charge in [0.15, 0.2) is 0 Å². The van der Waals surface area contributed by atoms with Crippen molar-refractivity contribution >= 4 is 22.4 Å². The molecule has 140 valence electrons. The van der Waals surface area contributed by atoms with Crippen LogP contribution >= 0.6 is 0 Å². The first-order chi connectivity index (χ1) is 13.5. The maximum Gasteiger partial charge on any atom is 0.255 e. The molecular formula is C21H15FN2O3S.